The Labute approximate surface area is 77.9 Å². The number of aromatic nitrogens is 2. The monoisotopic (exact) mass is 177 g/mol. The largest absolute Gasteiger partial charge is 0.396 e. The van der Waals surface area contributed by atoms with Gasteiger partial charge in [0.2, 0.25) is 0 Å². The normalized spacial score (nSPS) is 23.1. The molecule has 0 bridgehead atoms. The maximum atomic E-state index is 5.93. The van der Waals surface area contributed by atoms with Crippen molar-refractivity contribution in [3.05, 3.63) is 11.9 Å². The number of nitrogen functional groups attached to an aromatic ring is 1. The van der Waals surface area contributed by atoms with Crippen LogP contribution in [0.3, 0.4) is 0 Å². The number of anilines is 1. The van der Waals surface area contributed by atoms with E-state index in [9.17, 15) is 0 Å². The first-order valence-electron chi connectivity index (χ1n) is 5.19. The van der Waals surface area contributed by atoms with Crippen LogP contribution >= 0.6 is 0 Å². The number of hydrogen-bond acceptors (Lipinski definition) is 2. The van der Waals surface area contributed by atoms with E-state index in [4.69, 9.17) is 5.73 Å². The molecule has 2 aliphatic carbocycles. The Kier molecular flexibility index (Phi) is 1.43. The summed E-state index contributed by atoms with van der Waals surface area (Å²) >= 11 is 0. The van der Waals surface area contributed by atoms with E-state index in [-0.39, 0.29) is 0 Å². The SMILES string of the molecule is Nc1cn(C2CC2)nc1C1CCC1. The quantitative estimate of drug-likeness (QED) is 0.751. The van der Waals surface area contributed by atoms with E-state index in [1.54, 1.807) is 0 Å². The number of rotatable bonds is 2. The van der Waals surface area contributed by atoms with E-state index in [0.717, 1.165) is 11.4 Å². The summed E-state index contributed by atoms with van der Waals surface area (Å²) in [7, 11) is 0. The lowest BCUT2D eigenvalue weighted by Gasteiger charge is -2.23. The van der Waals surface area contributed by atoms with Gasteiger partial charge in [0.1, 0.15) is 0 Å². The highest BCUT2D eigenvalue weighted by atomic mass is 15.3. The first-order valence-corrected chi connectivity index (χ1v) is 5.19. The van der Waals surface area contributed by atoms with E-state index in [2.05, 4.69) is 9.78 Å². The van der Waals surface area contributed by atoms with Crippen molar-refractivity contribution in [1.29, 1.82) is 0 Å². The molecule has 70 valence electrons. The van der Waals surface area contributed by atoms with E-state index in [0.29, 0.717) is 12.0 Å². The minimum atomic E-state index is 0.663. The molecular weight excluding hydrogens is 162 g/mol. The summed E-state index contributed by atoms with van der Waals surface area (Å²) in [6.45, 7) is 0. The van der Waals surface area contributed by atoms with Gasteiger partial charge in [-0.2, -0.15) is 5.10 Å². The molecule has 0 radical (unpaired) electrons. The van der Waals surface area contributed by atoms with Gasteiger partial charge in [0.15, 0.2) is 0 Å². The van der Waals surface area contributed by atoms with Crippen LogP contribution in [0.4, 0.5) is 5.69 Å². The van der Waals surface area contributed by atoms with E-state index >= 15 is 0 Å². The smallest absolute Gasteiger partial charge is 0.0884 e. The van der Waals surface area contributed by atoms with Gasteiger partial charge in [0, 0.05) is 12.1 Å². The second-order valence-electron chi connectivity index (χ2n) is 4.31. The number of hydrogen-bond donors (Lipinski definition) is 1. The maximum Gasteiger partial charge on any atom is 0.0884 e. The molecule has 2 fully saturated rings. The molecule has 13 heavy (non-hydrogen) atoms. The van der Waals surface area contributed by atoms with Gasteiger partial charge in [-0.3, -0.25) is 4.68 Å². The Morgan fingerprint density at radius 1 is 1.31 bits per heavy atom. The first kappa shape index (κ1) is 7.42. The van der Waals surface area contributed by atoms with E-state index in [1.165, 1.54) is 32.1 Å². The van der Waals surface area contributed by atoms with Crippen LogP contribution in [0.5, 0.6) is 0 Å². The molecule has 0 aliphatic heterocycles. The molecule has 0 atom stereocenters. The summed E-state index contributed by atoms with van der Waals surface area (Å²) in [5, 5.41) is 4.59. The molecule has 1 aromatic rings. The lowest BCUT2D eigenvalue weighted by atomic mass is 9.82. The molecule has 0 spiro atoms. The highest BCUT2D eigenvalue weighted by Crippen LogP contribution is 2.40. The van der Waals surface area contributed by atoms with Gasteiger partial charge in [-0.15, -0.1) is 0 Å². The van der Waals surface area contributed by atoms with Crippen molar-refractivity contribution in [3.8, 4) is 0 Å². The van der Waals surface area contributed by atoms with Gasteiger partial charge < -0.3 is 5.73 Å². The Morgan fingerprint density at radius 2 is 2.08 bits per heavy atom. The van der Waals surface area contributed by atoms with Crippen molar-refractivity contribution in [3.63, 3.8) is 0 Å². The Balaban J connectivity index is 1.90. The lowest BCUT2D eigenvalue weighted by molar-refractivity contribution is 0.406. The van der Waals surface area contributed by atoms with E-state index in [1.807, 2.05) is 6.20 Å². The Hall–Kier alpha value is -0.990. The van der Waals surface area contributed by atoms with Gasteiger partial charge >= 0.3 is 0 Å². The van der Waals surface area contributed by atoms with Gasteiger partial charge in [-0.25, -0.2) is 0 Å². The zero-order valence-corrected chi connectivity index (χ0v) is 7.74. The molecule has 2 aliphatic rings. The molecule has 3 heteroatoms. The summed E-state index contributed by atoms with van der Waals surface area (Å²) in [5.41, 5.74) is 8.01. The third kappa shape index (κ3) is 1.14. The minimum Gasteiger partial charge on any atom is -0.396 e. The number of nitrogens with two attached hydrogens (primary N) is 1. The van der Waals surface area contributed by atoms with Crippen LogP contribution in [0.15, 0.2) is 6.20 Å². The van der Waals surface area contributed by atoms with Crippen LogP contribution in [0.25, 0.3) is 0 Å². The summed E-state index contributed by atoms with van der Waals surface area (Å²) in [6.07, 6.45) is 8.50. The predicted octanol–water partition coefficient (Wildman–Crippen LogP) is 2.07. The molecule has 1 heterocycles. The summed E-state index contributed by atoms with van der Waals surface area (Å²) in [5.74, 6) is 0.667. The van der Waals surface area contributed by atoms with E-state index < -0.39 is 0 Å². The van der Waals surface area contributed by atoms with Crippen molar-refractivity contribution < 1.29 is 0 Å². The fourth-order valence-corrected chi connectivity index (χ4v) is 1.94. The maximum absolute atomic E-state index is 5.93. The average molecular weight is 177 g/mol. The highest BCUT2D eigenvalue weighted by Gasteiger charge is 2.29. The molecule has 3 rings (SSSR count). The fraction of sp³-hybridized carbons (Fsp3) is 0.700. The number of nitrogens with zero attached hydrogens (tertiary/aromatic N) is 2. The van der Waals surface area contributed by atoms with Gasteiger partial charge in [0.05, 0.1) is 17.4 Å². The fourth-order valence-electron chi connectivity index (χ4n) is 1.94. The Bertz CT molecular complexity index is 321. The average Bonchev–Trinajstić information content (AvgIpc) is 2.76. The predicted molar refractivity (Wildman–Crippen MR) is 51.5 cm³/mol. The third-order valence-electron chi connectivity index (χ3n) is 3.20. The molecule has 2 saturated carbocycles. The van der Waals surface area contributed by atoms with Crippen LogP contribution in [-0.4, -0.2) is 9.78 Å². The Morgan fingerprint density at radius 3 is 2.62 bits per heavy atom. The van der Waals surface area contributed by atoms with Crippen molar-refractivity contribution in [2.24, 2.45) is 0 Å². The van der Waals surface area contributed by atoms with Gasteiger partial charge in [0.25, 0.3) is 0 Å². The van der Waals surface area contributed by atoms with Gasteiger partial charge in [-0.1, -0.05) is 6.42 Å². The molecule has 0 amide bonds. The molecular formula is C10H15N3. The van der Waals surface area contributed by atoms with Crippen LogP contribution in [0.1, 0.15) is 49.8 Å². The van der Waals surface area contributed by atoms with Crippen LogP contribution < -0.4 is 5.73 Å². The second-order valence-corrected chi connectivity index (χ2v) is 4.31. The molecule has 0 aromatic carbocycles. The van der Waals surface area contributed by atoms with Crippen molar-refractivity contribution in [2.75, 3.05) is 5.73 Å². The molecule has 0 saturated heterocycles. The van der Waals surface area contributed by atoms with Crippen LogP contribution in [0, 0.1) is 0 Å². The minimum absolute atomic E-state index is 0.663. The highest BCUT2D eigenvalue weighted by molar-refractivity contribution is 5.43. The summed E-state index contributed by atoms with van der Waals surface area (Å²) in [6, 6.07) is 0.663. The molecule has 2 N–H and O–H groups in total. The van der Waals surface area contributed by atoms with Crippen LogP contribution in [-0.2, 0) is 0 Å². The lowest BCUT2D eigenvalue weighted by Crippen LogP contribution is -2.11. The standard InChI is InChI=1S/C10H15N3/c11-9-6-13(8-4-5-8)12-10(9)7-2-1-3-7/h6-8H,1-5,11H2. The second kappa shape index (κ2) is 2.50. The molecule has 1 aromatic heterocycles. The first-order chi connectivity index (χ1) is 6.34. The zero-order chi connectivity index (χ0) is 8.84. The topological polar surface area (TPSA) is 43.8 Å². The summed E-state index contributed by atoms with van der Waals surface area (Å²) in [4.78, 5) is 0. The van der Waals surface area contributed by atoms with Crippen molar-refractivity contribution in [2.45, 2.75) is 44.1 Å². The van der Waals surface area contributed by atoms with Crippen molar-refractivity contribution in [1.82, 2.24) is 9.78 Å². The summed E-state index contributed by atoms with van der Waals surface area (Å²) < 4.78 is 2.07. The molecule has 3 nitrogen and oxygen atoms in total. The molecule has 0 unspecified atom stereocenters. The van der Waals surface area contributed by atoms with Crippen molar-refractivity contribution >= 4 is 5.69 Å². The van der Waals surface area contributed by atoms with Gasteiger partial charge in [-0.05, 0) is 25.7 Å². The van der Waals surface area contributed by atoms with Crippen LogP contribution in [0.2, 0.25) is 0 Å². The zero-order valence-electron chi connectivity index (χ0n) is 7.74. The third-order valence-corrected chi connectivity index (χ3v) is 3.20.